The molecule has 0 saturated heterocycles. The maximum Gasteiger partial charge on any atom is 0.315 e. The number of nitrogens with one attached hydrogen (secondary N) is 2. The smallest absolute Gasteiger partial charge is 0.315 e. The van der Waals surface area contributed by atoms with Crippen molar-refractivity contribution in [2.45, 2.75) is 50.7 Å². The number of rotatable bonds is 4. The third-order valence-electron chi connectivity index (χ3n) is 4.53. The molecule has 1 fully saturated rings. The summed E-state index contributed by atoms with van der Waals surface area (Å²) in [5, 5.41) is 16.4. The fraction of sp³-hybridized carbons (Fsp3) is 0.588. The van der Waals surface area contributed by atoms with Gasteiger partial charge in [-0.05, 0) is 37.5 Å². The minimum absolute atomic E-state index is 0.130. The molecule has 6 heteroatoms. The van der Waals surface area contributed by atoms with Gasteiger partial charge in [-0.2, -0.15) is 0 Å². The minimum Gasteiger partial charge on any atom is -0.454 e. The van der Waals surface area contributed by atoms with Crippen LogP contribution >= 0.6 is 0 Å². The third-order valence-corrected chi connectivity index (χ3v) is 4.53. The topological polar surface area (TPSA) is 79.8 Å². The second-order valence-corrected chi connectivity index (χ2v) is 6.50. The van der Waals surface area contributed by atoms with E-state index in [1.165, 1.54) is 19.3 Å². The molecule has 1 atom stereocenters. The van der Waals surface area contributed by atoms with Gasteiger partial charge in [0.15, 0.2) is 11.5 Å². The van der Waals surface area contributed by atoms with E-state index < -0.39 is 5.60 Å². The molecule has 126 valence electrons. The Bertz CT molecular complexity index is 568. The fourth-order valence-electron chi connectivity index (χ4n) is 3.07. The summed E-state index contributed by atoms with van der Waals surface area (Å²) in [5.41, 5.74) is -0.495. The van der Waals surface area contributed by atoms with Crippen LogP contribution < -0.4 is 20.1 Å². The van der Waals surface area contributed by atoms with Gasteiger partial charge in [-0.1, -0.05) is 25.3 Å². The summed E-state index contributed by atoms with van der Waals surface area (Å²) < 4.78 is 10.6. The van der Waals surface area contributed by atoms with Crippen molar-refractivity contribution in [1.29, 1.82) is 0 Å². The van der Waals surface area contributed by atoms with Gasteiger partial charge in [0.05, 0.1) is 6.54 Å². The van der Waals surface area contributed by atoms with Crippen LogP contribution in [-0.4, -0.2) is 30.5 Å². The molecule has 1 aliphatic carbocycles. The van der Waals surface area contributed by atoms with Crippen LogP contribution in [0.4, 0.5) is 4.79 Å². The number of aliphatic hydroxyl groups is 1. The SMILES string of the molecule is CC(O)(CNC(=O)NC1CCCCC1)c1ccc2c(c1)OCO2. The van der Waals surface area contributed by atoms with Crippen LogP contribution in [0.1, 0.15) is 44.6 Å². The normalized spacial score (nSPS) is 19.9. The van der Waals surface area contributed by atoms with Crippen LogP contribution in [-0.2, 0) is 5.60 Å². The highest BCUT2D eigenvalue weighted by atomic mass is 16.7. The summed E-state index contributed by atoms with van der Waals surface area (Å²) in [7, 11) is 0. The van der Waals surface area contributed by atoms with Crippen molar-refractivity contribution in [3.8, 4) is 11.5 Å². The molecular weight excluding hydrogens is 296 g/mol. The molecule has 0 aromatic heterocycles. The molecule has 1 aliphatic heterocycles. The highest BCUT2D eigenvalue weighted by Crippen LogP contribution is 2.35. The van der Waals surface area contributed by atoms with E-state index >= 15 is 0 Å². The number of urea groups is 1. The van der Waals surface area contributed by atoms with Crippen molar-refractivity contribution in [2.75, 3.05) is 13.3 Å². The minimum atomic E-state index is -1.18. The summed E-state index contributed by atoms with van der Waals surface area (Å²) in [6, 6.07) is 5.34. The average Bonchev–Trinajstić information content (AvgIpc) is 3.02. The number of carbonyl (C=O) groups excluding carboxylic acids is 1. The molecule has 6 nitrogen and oxygen atoms in total. The van der Waals surface area contributed by atoms with Crippen molar-refractivity contribution in [3.05, 3.63) is 23.8 Å². The highest BCUT2D eigenvalue weighted by Gasteiger charge is 2.27. The predicted molar refractivity (Wildman–Crippen MR) is 85.5 cm³/mol. The Hall–Kier alpha value is -1.95. The Morgan fingerprint density at radius 2 is 2.00 bits per heavy atom. The van der Waals surface area contributed by atoms with Gasteiger partial charge >= 0.3 is 6.03 Å². The molecule has 2 aliphatic rings. The van der Waals surface area contributed by atoms with Crippen molar-refractivity contribution >= 4 is 6.03 Å². The monoisotopic (exact) mass is 320 g/mol. The van der Waals surface area contributed by atoms with E-state index in [2.05, 4.69) is 10.6 Å². The standard InChI is InChI=1S/C17H24N2O4/c1-17(21,12-7-8-14-15(9-12)23-11-22-14)10-18-16(20)19-13-5-3-2-4-6-13/h7-9,13,21H,2-6,10-11H2,1H3,(H2,18,19,20). The number of carbonyl (C=O) groups is 1. The number of hydrogen-bond acceptors (Lipinski definition) is 4. The van der Waals surface area contributed by atoms with E-state index in [4.69, 9.17) is 9.47 Å². The summed E-state index contributed by atoms with van der Waals surface area (Å²) >= 11 is 0. The van der Waals surface area contributed by atoms with Crippen molar-refractivity contribution in [1.82, 2.24) is 10.6 Å². The molecule has 3 rings (SSSR count). The number of hydrogen-bond donors (Lipinski definition) is 3. The maximum absolute atomic E-state index is 12.0. The van der Waals surface area contributed by atoms with E-state index in [-0.39, 0.29) is 25.4 Å². The van der Waals surface area contributed by atoms with Gasteiger partial charge in [0.25, 0.3) is 0 Å². The molecule has 1 heterocycles. The maximum atomic E-state index is 12.0. The van der Waals surface area contributed by atoms with Crippen LogP contribution in [0, 0.1) is 0 Å². The Morgan fingerprint density at radius 1 is 1.26 bits per heavy atom. The average molecular weight is 320 g/mol. The van der Waals surface area contributed by atoms with Gasteiger partial charge in [0, 0.05) is 6.04 Å². The summed E-state index contributed by atoms with van der Waals surface area (Å²) in [6.45, 7) is 2.00. The van der Waals surface area contributed by atoms with Crippen molar-refractivity contribution < 1.29 is 19.4 Å². The van der Waals surface area contributed by atoms with E-state index in [1.807, 2.05) is 0 Å². The lowest BCUT2D eigenvalue weighted by Gasteiger charge is -2.26. The molecule has 1 aromatic carbocycles. The van der Waals surface area contributed by atoms with Crippen LogP contribution in [0.5, 0.6) is 11.5 Å². The van der Waals surface area contributed by atoms with Crippen LogP contribution in [0.25, 0.3) is 0 Å². The van der Waals surface area contributed by atoms with Crippen LogP contribution in [0.3, 0.4) is 0 Å². The highest BCUT2D eigenvalue weighted by molar-refractivity contribution is 5.74. The van der Waals surface area contributed by atoms with Gasteiger partial charge < -0.3 is 25.2 Å². The molecular formula is C17H24N2O4. The zero-order valence-electron chi connectivity index (χ0n) is 13.4. The fourth-order valence-corrected chi connectivity index (χ4v) is 3.07. The first-order valence-corrected chi connectivity index (χ1v) is 8.21. The van der Waals surface area contributed by atoms with E-state index in [9.17, 15) is 9.90 Å². The van der Waals surface area contributed by atoms with Crippen molar-refractivity contribution in [2.24, 2.45) is 0 Å². The molecule has 1 saturated carbocycles. The molecule has 3 N–H and O–H groups in total. The summed E-state index contributed by atoms with van der Waals surface area (Å²) in [5.74, 6) is 1.29. The molecule has 1 aromatic rings. The summed E-state index contributed by atoms with van der Waals surface area (Å²) in [6.07, 6.45) is 5.65. The zero-order valence-corrected chi connectivity index (χ0v) is 13.4. The predicted octanol–water partition coefficient (Wildman–Crippen LogP) is 2.25. The van der Waals surface area contributed by atoms with E-state index in [0.29, 0.717) is 17.1 Å². The second-order valence-electron chi connectivity index (χ2n) is 6.50. The van der Waals surface area contributed by atoms with Crippen LogP contribution in [0.15, 0.2) is 18.2 Å². The quantitative estimate of drug-likeness (QED) is 0.795. The molecule has 1 unspecified atom stereocenters. The summed E-state index contributed by atoms with van der Waals surface area (Å²) in [4.78, 5) is 12.0. The van der Waals surface area contributed by atoms with E-state index in [0.717, 1.165) is 12.8 Å². The first-order valence-electron chi connectivity index (χ1n) is 8.21. The third kappa shape index (κ3) is 3.88. The number of ether oxygens (including phenoxy) is 2. The van der Waals surface area contributed by atoms with Gasteiger partial charge in [-0.15, -0.1) is 0 Å². The number of benzene rings is 1. The number of amides is 2. The van der Waals surface area contributed by atoms with Gasteiger partial charge in [-0.25, -0.2) is 4.79 Å². The second kappa shape index (κ2) is 6.66. The molecule has 23 heavy (non-hydrogen) atoms. The Balaban J connectivity index is 1.54. The lowest BCUT2D eigenvalue weighted by molar-refractivity contribution is 0.0589. The number of fused-ring (bicyclic) bond motifs is 1. The largest absolute Gasteiger partial charge is 0.454 e. The first-order chi connectivity index (χ1) is 11.0. The molecule has 0 bridgehead atoms. The van der Waals surface area contributed by atoms with Gasteiger partial charge in [-0.3, -0.25) is 0 Å². The lowest BCUT2D eigenvalue weighted by atomic mass is 9.95. The van der Waals surface area contributed by atoms with Gasteiger partial charge in [0.2, 0.25) is 6.79 Å². The van der Waals surface area contributed by atoms with Crippen LogP contribution in [0.2, 0.25) is 0 Å². The lowest BCUT2D eigenvalue weighted by Crippen LogP contribution is -2.47. The van der Waals surface area contributed by atoms with Crippen molar-refractivity contribution in [3.63, 3.8) is 0 Å². The first kappa shape index (κ1) is 15.9. The Kier molecular flexibility index (Phi) is 4.61. The Morgan fingerprint density at radius 3 is 2.78 bits per heavy atom. The van der Waals surface area contributed by atoms with E-state index in [1.54, 1.807) is 25.1 Å². The molecule has 0 radical (unpaired) electrons. The Labute approximate surface area is 136 Å². The molecule has 0 spiro atoms. The zero-order chi connectivity index (χ0) is 16.3. The van der Waals surface area contributed by atoms with Gasteiger partial charge in [0.1, 0.15) is 5.60 Å². The molecule has 2 amide bonds.